The maximum Gasteiger partial charge on any atom is 0.145 e. The molecule has 1 atom stereocenters. The number of pyridine rings is 1. The standard InChI is InChI=1S/C16H22N2O3/c1-12-6-7-13-4-3-5-15(16(13)18-12)21-11-14(19)10-17-8-9-20-2/h3-7,14,17,19H,8-11H2,1-2H3. The van der Waals surface area contributed by atoms with Crippen LogP contribution in [-0.2, 0) is 4.74 Å². The summed E-state index contributed by atoms with van der Waals surface area (Å²) >= 11 is 0. The molecule has 0 aliphatic heterocycles. The van der Waals surface area contributed by atoms with Gasteiger partial charge in [0.1, 0.15) is 24.0 Å². The molecule has 1 unspecified atom stereocenters. The fourth-order valence-electron chi connectivity index (χ4n) is 2.02. The van der Waals surface area contributed by atoms with Gasteiger partial charge in [-0.05, 0) is 19.1 Å². The molecule has 21 heavy (non-hydrogen) atoms. The monoisotopic (exact) mass is 290 g/mol. The second kappa shape index (κ2) is 7.93. The van der Waals surface area contributed by atoms with Crippen LogP contribution >= 0.6 is 0 Å². The fourth-order valence-corrected chi connectivity index (χ4v) is 2.02. The van der Waals surface area contributed by atoms with Crippen molar-refractivity contribution < 1.29 is 14.6 Å². The normalized spacial score (nSPS) is 12.5. The van der Waals surface area contributed by atoms with Crippen molar-refractivity contribution in [1.82, 2.24) is 10.3 Å². The van der Waals surface area contributed by atoms with Gasteiger partial charge in [-0.15, -0.1) is 0 Å². The Balaban J connectivity index is 1.92. The van der Waals surface area contributed by atoms with Crippen LogP contribution in [0.1, 0.15) is 5.69 Å². The minimum absolute atomic E-state index is 0.231. The smallest absolute Gasteiger partial charge is 0.145 e. The summed E-state index contributed by atoms with van der Waals surface area (Å²) in [6.45, 7) is 3.99. The summed E-state index contributed by atoms with van der Waals surface area (Å²) in [6.07, 6.45) is -0.568. The lowest BCUT2D eigenvalue weighted by atomic mass is 10.2. The van der Waals surface area contributed by atoms with Crippen molar-refractivity contribution in [3.63, 3.8) is 0 Å². The molecular weight excluding hydrogens is 268 g/mol. The van der Waals surface area contributed by atoms with Gasteiger partial charge in [-0.1, -0.05) is 18.2 Å². The van der Waals surface area contributed by atoms with Crippen LogP contribution in [0.25, 0.3) is 10.9 Å². The summed E-state index contributed by atoms with van der Waals surface area (Å²) in [5.74, 6) is 0.701. The molecule has 1 heterocycles. The number of nitrogens with one attached hydrogen (secondary N) is 1. The second-order valence-corrected chi connectivity index (χ2v) is 4.94. The average Bonchev–Trinajstić information content (AvgIpc) is 2.49. The summed E-state index contributed by atoms with van der Waals surface area (Å²) in [4.78, 5) is 4.50. The molecule has 1 aromatic carbocycles. The summed E-state index contributed by atoms with van der Waals surface area (Å²) in [5, 5.41) is 14.0. The van der Waals surface area contributed by atoms with Crippen molar-refractivity contribution in [2.24, 2.45) is 0 Å². The van der Waals surface area contributed by atoms with Crippen molar-refractivity contribution in [1.29, 1.82) is 0 Å². The Morgan fingerprint density at radius 2 is 2.14 bits per heavy atom. The first kappa shape index (κ1) is 15.7. The highest BCUT2D eigenvalue weighted by Gasteiger charge is 2.08. The molecule has 0 bridgehead atoms. The molecule has 0 radical (unpaired) electrons. The lowest BCUT2D eigenvalue weighted by molar-refractivity contribution is 0.104. The number of fused-ring (bicyclic) bond motifs is 1. The molecule has 0 spiro atoms. The summed E-state index contributed by atoms with van der Waals surface area (Å²) in [7, 11) is 1.65. The second-order valence-electron chi connectivity index (χ2n) is 4.94. The third-order valence-electron chi connectivity index (χ3n) is 3.12. The van der Waals surface area contributed by atoms with E-state index in [0.717, 1.165) is 16.6 Å². The summed E-state index contributed by atoms with van der Waals surface area (Å²) in [6, 6.07) is 9.79. The largest absolute Gasteiger partial charge is 0.489 e. The predicted molar refractivity (Wildman–Crippen MR) is 82.7 cm³/mol. The Labute approximate surface area is 124 Å². The zero-order valence-electron chi connectivity index (χ0n) is 12.5. The van der Waals surface area contributed by atoms with Gasteiger partial charge in [-0.2, -0.15) is 0 Å². The zero-order chi connectivity index (χ0) is 15.1. The minimum atomic E-state index is -0.568. The molecule has 0 aliphatic rings. The third kappa shape index (κ3) is 4.67. The van der Waals surface area contributed by atoms with E-state index in [0.29, 0.717) is 25.4 Å². The zero-order valence-corrected chi connectivity index (χ0v) is 12.5. The van der Waals surface area contributed by atoms with Crippen LogP contribution in [0.4, 0.5) is 0 Å². The lowest BCUT2D eigenvalue weighted by Gasteiger charge is -2.14. The number of aliphatic hydroxyl groups excluding tert-OH is 1. The summed E-state index contributed by atoms with van der Waals surface area (Å²) in [5.41, 5.74) is 1.78. The first-order valence-corrected chi connectivity index (χ1v) is 7.07. The van der Waals surface area contributed by atoms with Crippen LogP contribution in [0.3, 0.4) is 0 Å². The van der Waals surface area contributed by atoms with Crippen molar-refractivity contribution in [2.75, 3.05) is 33.4 Å². The Morgan fingerprint density at radius 3 is 2.95 bits per heavy atom. The van der Waals surface area contributed by atoms with Crippen LogP contribution in [-0.4, -0.2) is 49.6 Å². The first-order valence-electron chi connectivity index (χ1n) is 7.07. The highest BCUT2D eigenvalue weighted by Crippen LogP contribution is 2.23. The van der Waals surface area contributed by atoms with Crippen molar-refractivity contribution >= 4 is 10.9 Å². The average molecular weight is 290 g/mol. The SMILES string of the molecule is COCCNCC(O)COc1cccc2ccc(C)nc12. The molecular formula is C16H22N2O3. The highest BCUT2D eigenvalue weighted by molar-refractivity contribution is 5.84. The van der Waals surface area contributed by atoms with E-state index in [-0.39, 0.29) is 6.61 Å². The number of nitrogens with zero attached hydrogens (tertiary/aromatic N) is 1. The Morgan fingerprint density at radius 1 is 1.29 bits per heavy atom. The molecule has 2 rings (SSSR count). The minimum Gasteiger partial charge on any atom is -0.489 e. The molecule has 2 N–H and O–H groups in total. The number of methoxy groups -OCH3 is 1. The van der Waals surface area contributed by atoms with Crippen LogP contribution in [0.15, 0.2) is 30.3 Å². The first-order chi connectivity index (χ1) is 10.2. The van der Waals surface area contributed by atoms with E-state index in [1.54, 1.807) is 7.11 Å². The number of aromatic nitrogens is 1. The van der Waals surface area contributed by atoms with Gasteiger partial charge >= 0.3 is 0 Å². The van der Waals surface area contributed by atoms with Gasteiger partial charge in [0.25, 0.3) is 0 Å². The van der Waals surface area contributed by atoms with E-state index in [1.165, 1.54) is 0 Å². The predicted octanol–water partition coefficient (Wildman–Crippen LogP) is 1.52. The molecule has 0 saturated carbocycles. The van der Waals surface area contributed by atoms with Gasteiger partial charge < -0.3 is 19.9 Å². The molecule has 0 fully saturated rings. The van der Waals surface area contributed by atoms with E-state index in [1.807, 2.05) is 37.3 Å². The Hall–Kier alpha value is -1.69. The molecule has 114 valence electrons. The van der Waals surface area contributed by atoms with Crippen molar-refractivity contribution in [3.8, 4) is 5.75 Å². The van der Waals surface area contributed by atoms with Crippen molar-refractivity contribution in [2.45, 2.75) is 13.0 Å². The maximum atomic E-state index is 9.89. The lowest BCUT2D eigenvalue weighted by Crippen LogP contribution is -2.33. The van der Waals surface area contributed by atoms with Crippen molar-refractivity contribution in [3.05, 3.63) is 36.0 Å². The maximum absolute atomic E-state index is 9.89. The van der Waals surface area contributed by atoms with E-state index in [9.17, 15) is 5.11 Å². The highest BCUT2D eigenvalue weighted by atomic mass is 16.5. The van der Waals surface area contributed by atoms with Gasteiger partial charge in [0.2, 0.25) is 0 Å². The molecule has 0 saturated heterocycles. The van der Waals surface area contributed by atoms with E-state index in [2.05, 4.69) is 10.3 Å². The quantitative estimate of drug-likeness (QED) is 0.722. The number of hydrogen-bond donors (Lipinski definition) is 2. The molecule has 2 aromatic rings. The third-order valence-corrected chi connectivity index (χ3v) is 3.12. The van der Waals surface area contributed by atoms with E-state index in [4.69, 9.17) is 9.47 Å². The van der Waals surface area contributed by atoms with Crippen LogP contribution < -0.4 is 10.1 Å². The number of aryl methyl sites for hydroxylation is 1. The molecule has 5 nitrogen and oxygen atoms in total. The van der Waals surface area contributed by atoms with Crippen LogP contribution in [0, 0.1) is 6.92 Å². The van der Waals surface area contributed by atoms with Gasteiger partial charge in [0, 0.05) is 31.3 Å². The van der Waals surface area contributed by atoms with Gasteiger partial charge in [-0.3, -0.25) is 0 Å². The van der Waals surface area contributed by atoms with E-state index < -0.39 is 6.10 Å². The topological polar surface area (TPSA) is 63.6 Å². The van der Waals surface area contributed by atoms with Crippen LogP contribution in [0.2, 0.25) is 0 Å². The Bertz CT molecular complexity index is 574. The number of ether oxygens (including phenoxy) is 2. The molecule has 1 aromatic heterocycles. The number of para-hydroxylation sites is 1. The summed E-state index contributed by atoms with van der Waals surface area (Å²) < 4.78 is 10.6. The number of aliphatic hydroxyl groups is 1. The Kier molecular flexibility index (Phi) is 5.92. The number of rotatable bonds is 8. The van der Waals surface area contributed by atoms with Crippen LogP contribution in [0.5, 0.6) is 5.75 Å². The molecule has 5 heteroatoms. The van der Waals surface area contributed by atoms with Gasteiger partial charge in [-0.25, -0.2) is 4.98 Å². The van der Waals surface area contributed by atoms with Gasteiger partial charge in [0.15, 0.2) is 0 Å². The number of benzene rings is 1. The fraction of sp³-hybridized carbons (Fsp3) is 0.438. The van der Waals surface area contributed by atoms with E-state index >= 15 is 0 Å². The molecule has 0 amide bonds. The molecule has 0 aliphatic carbocycles. The number of hydrogen-bond acceptors (Lipinski definition) is 5. The van der Waals surface area contributed by atoms with Gasteiger partial charge in [0.05, 0.1) is 6.61 Å².